The number of hydrogen-bond acceptors (Lipinski definition) is 4. The summed E-state index contributed by atoms with van der Waals surface area (Å²) in [6.07, 6.45) is 0. The van der Waals surface area contributed by atoms with Gasteiger partial charge in [0.05, 0.1) is 17.7 Å². The number of methoxy groups -OCH3 is 1. The Kier molecular flexibility index (Phi) is 4.33. The van der Waals surface area contributed by atoms with Crippen LogP contribution in [0.3, 0.4) is 0 Å². The van der Waals surface area contributed by atoms with Gasteiger partial charge in [-0.25, -0.2) is 13.6 Å². The van der Waals surface area contributed by atoms with E-state index < -0.39 is 15.9 Å². The van der Waals surface area contributed by atoms with Gasteiger partial charge in [0.1, 0.15) is 11.6 Å². The van der Waals surface area contributed by atoms with E-state index in [1.165, 1.54) is 25.3 Å². The number of amides is 1. The van der Waals surface area contributed by atoms with Crippen LogP contribution in [0.15, 0.2) is 23.1 Å². The molecule has 3 N–H and O–H groups in total. The summed E-state index contributed by atoms with van der Waals surface area (Å²) in [4.78, 5) is 11.0. The van der Waals surface area contributed by atoms with Gasteiger partial charge in [-0.2, -0.15) is 0 Å². The van der Waals surface area contributed by atoms with Crippen molar-refractivity contribution in [2.24, 2.45) is 5.14 Å². The normalized spacial score (nSPS) is 11.0. The molecule has 0 radical (unpaired) electrons. The van der Waals surface area contributed by atoms with Crippen molar-refractivity contribution < 1.29 is 17.9 Å². The minimum Gasteiger partial charge on any atom is -0.495 e. The van der Waals surface area contributed by atoms with Gasteiger partial charge >= 0.3 is 0 Å². The molecule has 0 saturated heterocycles. The molecule has 94 valence electrons. The predicted octanol–water partition coefficient (Wildman–Crippen LogP) is 0.520. The Morgan fingerprint density at radius 1 is 1.53 bits per heavy atom. The second-order valence-corrected chi connectivity index (χ2v) is 4.92. The number of halogens is 1. The Bertz CT molecular complexity index is 530. The van der Waals surface area contributed by atoms with Crippen molar-refractivity contribution in [2.75, 3.05) is 18.3 Å². The number of nitrogens with one attached hydrogen (secondary N) is 1. The number of rotatable bonds is 4. The van der Waals surface area contributed by atoms with Gasteiger partial charge in [0.2, 0.25) is 15.9 Å². The summed E-state index contributed by atoms with van der Waals surface area (Å²) in [6.45, 7) is 0. The van der Waals surface area contributed by atoms with Crippen LogP contribution in [0, 0.1) is 0 Å². The average Bonchev–Trinajstić information content (AvgIpc) is 2.27. The van der Waals surface area contributed by atoms with Crippen molar-refractivity contribution >= 4 is 33.2 Å². The molecule has 1 amide bonds. The van der Waals surface area contributed by atoms with E-state index in [0.29, 0.717) is 5.75 Å². The van der Waals surface area contributed by atoms with E-state index in [2.05, 4.69) is 5.32 Å². The third-order valence-corrected chi connectivity index (χ3v) is 3.05. The minimum atomic E-state index is -3.83. The van der Waals surface area contributed by atoms with Crippen LogP contribution in [-0.4, -0.2) is 27.3 Å². The topological polar surface area (TPSA) is 98.5 Å². The van der Waals surface area contributed by atoms with Crippen LogP contribution in [0.2, 0.25) is 0 Å². The predicted molar refractivity (Wildman–Crippen MR) is 63.7 cm³/mol. The van der Waals surface area contributed by atoms with Crippen LogP contribution >= 0.6 is 11.6 Å². The maximum atomic E-state index is 11.1. The molecule has 0 fully saturated rings. The molecule has 0 heterocycles. The summed E-state index contributed by atoms with van der Waals surface area (Å²) in [6, 6.07) is 3.88. The molecule has 8 heteroatoms. The summed E-state index contributed by atoms with van der Waals surface area (Å²) in [5, 5.41) is 7.38. The summed E-state index contributed by atoms with van der Waals surface area (Å²) < 4.78 is 27.2. The molecule has 1 aromatic rings. The van der Waals surface area contributed by atoms with Gasteiger partial charge in [-0.1, -0.05) is 0 Å². The third kappa shape index (κ3) is 3.58. The summed E-state index contributed by atoms with van der Waals surface area (Å²) in [5.74, 6) is -0.407. The van der Waals surface area contributed by atoms with E-state index in [1.807, 2.05) is 0 Å². The second-order valence-electron chi connectivity index (χ2n) is 3.09. The lowest BCUT2D eigenvalue weighted by atomic mass is 10.3. The molecule has 1 aromatic carbocycles. The number of carbonyl (C=O) groups is 1. The maximum absolute atomic E-state index is 11.1. The molecule has 0 aromatic heterocycles. The SMILES string of the molecule is COc1ccc(S(N)(=O)=O)cc1NC(=O)CCl. The highest BCUT2D eigenvalue weighted by molar-refractivity contribution is 7.89. The molecule has 0 saturated carbocycles. The molecule has 0 aliphatic heterocycles. The van der Waals surface area contributed by atoms with Gasteiger partial charge in [-0.3, -0.25) is 4.79 Å². The van der Waals surface area contributed by atoms with Gasteiger partial charge in [0.25, 0.3) is 0 Å². The van der Waals surface area contributed by atoms with Crippen molar-refractivity contribution in [1.29, 1.82) is 0 Å². The van der Waals surface area contributed by atoms with Gasteiger partial charge in [-0.15, -0.1) is 11.6 Å². The van der Waals surface area contributed by atoms with Crippen molar-refractivity contribution in [2.45, 2.75) is 4.90 Å². The Morgan fingerprint density at radius 3 is 2.65 bits per heavy atom. The smallest absolute Gasteiger partial charge is 0.239 e. The molecule has 0 bridgehead atoms. The van der Waals surface area contributed by atoms with E-state index in [9.17, 15) is 13.2 Å². The zero-order chi connectivity index (χ0) is 13.1. The average molecular weight is 279 g/mol. The fourth-order valence-corrected chi connectivity index (χ4v) is 1.75. The Hall–Kier alpha value is -1.31. The zero-order valence-corrected chi connectivity index (χ0v) is 10.5. The molecular weight excluding hydrogens is 268 g/mol. The number of sulfonamides is 1. The fraction of sp³-hybridized carbons (Fsp3) is 0.222. The lowest BCUT2D eigenvalue weighted by Crippen LogP contribution is -2.16. The molecular formula is C9H11ClN2O4S. The summed E-state index contributed by atoms with van der Waals surface area (Å²) >= 11 is 5.33. The molecule has 0 atom stereocenters. The highest BCUT2D eigenvalue weighted by Crippen LogP contribution is 2.26. The first kappa shape index (κ1) is 13.8. The monoisotopic (exact) mass is 278 g/mol. The van der Waals surface area contributed by atoms with Gasteiger partial charge < -0.3 is 10.1 Å². The maximum Gasteiger partial charge on any atom is 0.239 e. The van der Waals surface area contributed by atoms with Crippen LogP contribution in [0.1, 0.15) is 0 Å². The molecule has 0 unspecified atom stereocenters. The van der Waals surface area contributed by atoms with Gasteiger partial charge in [0.15, 0.2) is 0 Å². The van der Waals surface area contributed by atoms with E-state index in [0.717, 1.165) is 0 Å². The molecule has 6 nitrogen and oxygen atoms in total. The van der Waals surface area contributed by atoms with Crippen LogP contribution < -0.4 is 15.2 Å². The second kappa shape index (κ2) is 5.35. The number of hydrogen-bond donors (Lipinski definition) is 2. The van der Waals surface area contributed by atoms with Crippen molar-refractivity contribution in [1.82, 2.24) is 0 Å². The zero-order valence-electron chi connectivity index (χ0n) is 8.94. The highest BCUT2D eigenvalue weighted by Gasteiger charge is 2.13. The number of alkyl halides is 1. The Morgan fingerprint density at radius 2 is 2.18 bits per heavy atom. The number of anilines is 1. The number of benzene rings is 1. The standard InChI is InChI=1S/C9H11ClN2O4S/c1-16-8-3-2-6(17(11,14)15)4-7(8)12-9(13)5-10/h2-4H,5H2,1H3,(H,12,13)(H2,11,14,15). The van der Waals surface area contributed by atoms with E-state index >= 15 is 0 Å². The summed E-state index contributed by atoms with van der Waals surface area (Å²) in [7, 11) is -2.44. The largest absolute Gasteiger partial charge is 0.495 e. The van der Waals surface area contributed by atoms with Crippen LogP contribution in [-0.2, 0) is 14.8 Å². The van der Waals surface area contributed by atoms with Gasteiger partial charge in [0, 0.05) is 0 Å². The summed E-state index contributed by atoms with van der Waals surface area (Å²) in [5.41, 5.74) is 0.199. The van der Waals surface area contributed by atoms with E-state index in [1.54, 1.807) is 0 Å². The fourth-order valence-electron chi connectivity index (χ4n) is 1.15. The first-order chi connectivity index (χ1) is 7.88. The molecule has 17 heavy (non-hydrogen) atoms. The third-order valence-electron chi connectivity index (χ3n) is 1.89. The van der Waals surface area contributed by atoms with Crippen molar-refractivity contribution in [3.8, 4) is 5.75 Å². The van der Waals surface area contributed by atoms with E-state index in [-0.39, 0.29) is 16.5 Å². The van der Waals surface area contributed by atoms with Crippen LogP contribution in [0.5, 0.6) is 5.75 Å². The number of primary sulfonamides is 1. The Balaban J connectivity index is 3.20. The lowest BCUT2D eigenvalue weighted by molar-refractivity contribution is -0.113. The van der Waals surface area contributed by atoms with Crippen LogP contribution in [0.4, 0.5) is 5.69 Å². The molecule has 0 aliphatic carbocycles. The number of carbonyl (C=O) groups excluding carboxylic acids is 1. The van der Waals surface area contributed by atoms with Crippen molar-refractivity contribution in [3.63, 3.8) is 0 Å². The lowest BCUT2D eigenvalue weighted by Gasteiger charge is -2.10. The van der Waals surface area contributed by atoms with E-state index in [4.69, 9.17) is 21.5 Å². The van der Waals surface area contributed by atoms with Gasteiger partial charge in [-0.05, 0) is 18.2 Å². The highest BCUT2D eigenvalue weighted by atomic mass is 35.5. The first-order valence-corrected chi connectivity index (χ1v) is 6.53. The first-order valence-electron chi connectivity index (χ1n) is 4.45. The number of nitrogens with two attached hydrogens (primary N) is 1. The minimum absolute atomic E-state index is 0.122. The Labute approximate surface area is 104 Å². The molecule has 1 rings (SSSR count). The van der Waals surface area contributed by atoms with Crippen molar-refractivity contribution in [3.05, 3.63) is 18.2 Å². The molecule has 0 aliphatic rings. The number of ether oxygens (including phenoxy) is 1. The van der Waals surface area contributed by atoms with Crippen LogP contribution in [0.25, 0.3) is 0 Å². The quantitative estimate of drug-likeness (QED) is 0.785. The molecule has 0 spiro atoms.